The maximum atomic E-state index is 5.89. The number of fused-ring (bicyclic) bond motifs is 1. The van der Waals surface area contributed by atoms with Crippen molar-refractivity contribution in [3.8, 4) is 0 Å². The van der Waals surface area contributed by atoms with Crippen LogP contribution in [0.5, 0.6) is 0 Å². The lowest BCUT2D eigenvalue weighted by atomic mass is 10.2. The molecule has 0 bridgehead atoms. The van der Waals surface area contributed by atoms with Crippen LogP contribution in [0, 0.1) is 0 Å². The summed E-state index contributed by atoms with van der Waals surface area (Å²) in [5.74, 6) is 0. The number of hydrogen-bond acceptors (Lipinski definition) is 2. The highest BCUT2D eigenvalue weighted by atomic mass is 35.5. The van der Waals surface area contributed by atoms with Gasteiger partial charge in [-0.3, -0.25) is 0 Å². The van der Waals surface area contributed by atoms with E-state index in [0.29, 0.717) is 0 Å². The van der Waals surface area contributed by atoms with Gasteiger partial charge in [0.1, 0.15) is 5.58 Å². The molecule has 2 nitrogen and oxygen atoms in total. The van der Waals surface area contributed by atoms with E-state index in [1.807, 2.05) is 24.5 Å². The van der Waals surface area contributed by atoms with E-state index in [4.69, 9.17) is 16.0 Å². The Hall–Kier alpha value is -0.990. The summed E-state index contributed by atoms with van der Waals surface area (Å²) >= 11 is 5.89. The maximum absolute atomic E-state index is 5.89. The third kappa shape index (κ3) is 1.87. The maximum Gasteiger partial charge on any atom is 0.135 e. The van der Waals surface area contributed by atoms with Gasteiger partial charge in [-0.25, -0.2) is 0 Å². The van der Waals surface area contributed by atoms with Crippen LogP contribution in [0.3, 0.4) is 0 Å². The number of furan rings is 1. The summed E-state index contributed by atoms with van der Waals surface area (Å²) < 4.78 is 5.46. The van der Waals surface area contributed by atoms with Gasteiger partial charge in [0.2, 0.25) is 0 Å². The number of benzene rings is 1. The molecule has 1 aromatic carbocycles. The summed E-state index contributed by atoms with van der Waals surface area (Å²) in [7, 11) is 0. The van der Waals surface area contributed by atoms with Crippen molar-refractivity contribution in [1.82, 2.24) is 5.32 Å². The molecule has 15 heavy (non-hydrogen) atoms. The van der Waals surface area contributed by atoms with E-state index in [0.717, 1.165) is 28.6 Å². The SMILES string of the molecule is Clc1ccc2c(CNC3CC3)coc2c1. The molecule has 78 valence electrons. The summed E-state index contributed by atoms with van der Waals surface area (Å²) in [6.45, 7) is 0.888. The van der Waals surface area contributed by atoms with Crippen molar-refractivity contribution in [3.63, 3.8) is 0 Å². The average Bonchev–Trinajstić information content (AvgIpc) is 2.97. The van der Waals surface area contributed by atoms with Crippen LogP contribution in [0.25, 0.3) is 11.0 Å². The second-order valence-corrected chi connectivity index (χ2v) is 4.49. The molecule has 1 aliphatic carbocycles. The smallest absolute Gasteiger partial charge is 0.135 e. The zero-order valence-corrected chi connectivity index (χ0v) is 9.05. The molecule has 2 aromatic rings. The molecular weight excluding hydrogens is 210 g/mol. The predicted molar refractivity (Wildman–Crippen MR) is 61.1 cm³/mol. The van der Waals surface area contributed by atoms with Crippen LogP contribution in [-0.2, 0) is 6.54 Å². The normalized spacial score (nSPS) is 16.1. The van der Waals surface area contributed by atoms with Gasteiger partial charge in [0.15, 0.2) is 0 Å². The van der Waals surface area contributed by atoms with Crippen LogP contribution in [0.4, 0.5) is 0 Å². The molecule has 1 N–H and O–H groups in total. The molecule has 3 heteroatoms. The Morgan fingerprint density at radius 3 is 3.07 bits per heavy atom. The third-order valence-electron chi connectivity index (χ3n) is 2.78. The van der Waals surface area contributed by atoms with Crippen molar-refractivity contribution in [2.24, 2.45) is 0 Å². The first-order valence-corrected chi connectivity index (χ1v) is 5.60. The molecule has 3 rings (SSSR count). The molecule has 1 fully saturated rings. The van der Waals surface area contributed by atoms with E-state index in [-0.39, 0.29) is 0 Å². The van der Waals surface area contributed by atoms with E-state index in [2.05, 4.69) is 5.32 Å². The van der Waals surface area contributed by atoms with Crippen LogP contribution in [0.1, 0.15) is 18.4 Å². The fourth-order valence-corrected chi connectivity index (χ4v) is 1.90. The fraction of sp³-hybridized carbons (Fsp3) is 0.333. The summed E-state index contributed by atoms with van der Waals surface area (Å²) in [5, 5.41) is 5.35. The van der Waals surface area contributed by atoms with Gasteiger partial charge in [-0.05, 0) is 31.0 Å². The first kappa shape index (κ1) is 9.25. The summed E-state index contributed by atoms with van der Waals surface area (Å²) in [6.07, 6.45) is 4.43. The lowest BCUT2D eigenvalue weighted by molar-refractivity contribution is 0.601. The Balaban J connectivity index is 1.89. The van der Waals surface area contributed by atoms with Crippen LogP contribution in [-0.4, -0.2) is 6.04 Å². The van der Waals surface area contributed by atoms with Crippen molar-refractivity contribution < 1.29 is 4.42 Å². The second-order valence-electron chi connectivity index (χ2n) is 4.06. The highest BCUT2D eigenvalue weighted by Crippen LogP contribution is 2.25. The highest BCUT2D eigenvalue weighted by Gasteiger charge is 2.20. The Bertz CT molecular complexity index is 487. The second kappa shape index (κ2) is 3.54. The van der Waals surface area contributed by atoms with E-state index in [9.17, 15) is 0 Å². The zero-order valence-electron chi connectivity index (χ0n) is 8.29. The van der Waals surface area contributed by atoms with Crippen LogP contribution < -0.4 is 5.32 Å². The third-order valence-corrected chi connectivity index (χ3v) is 3.01. The van der Waals surface area contributed by atoms with Gasteiger partial charge in [-0.15, -0.1) is 0 Å². The number of hydrogen-bond donors (Lipinski definition) is 1. The summed E-state index contributed by atoms with van der Waals surface area (Å²) in [5.41, 5.74) is 2.09. The molecule has 1 heterocycles. The van der Waals surface area contributed by atoms with Gasteiger partial charge >= 0.3 is 0 Å². The largest absolute Gasteiger partial charge is 0.464 e. The molecule has 1 aromatic heterocycles. The Labute approximate surface area is 93.2 Å². The lowest BCUT2D eigenvalue weighted by Gasteiger charge is -1.99. The van der Waals surface area contributed by atoms with Crippen molar-refractivity contribution in [2.75, 3.05) is 0 Å². The Morgan fingerprint density at radius 1 is 1.40 bits per heavy atom. The Kier molecular flexibility index (Phi) is 2.19. The number of nitrogens with one attached hydrogen (secondary N) is 1. The molecule has 0 unspecified atom stereocenters. The lowest BCUT2D eigenvalue weighted by Crippen LogP contribution is -2.14. The van der Waals surface area contributed by atoms with Crippen molar-refractivity contribution >= 4 is 22.6 Å². The van der Waals surface area contributed by atoms with Gasteiger partial charge in [-0.1, -0.05) is 11.6 Å². The minimum absolute atomic E-state index is 0.721. The molecule has 0 aliphatic heterocycles. The van der Waals surface area contributed by atoms with Gasteiger partial charge in [-0.2, -0.15) is 0 Å². The predicted octanol–water partition coefficient (Wildman–Crippen LogP) is 3.34. The molecular formula is C12H12ClNO. The molecule has 0 radical (unpaired) electrons. The zero-order chi connectivity index (χ0) is 10.3. The van der Waals surface area contributed by atoms with Crippen molar-refractivity contribution in [2.45, 2.75) is 25.4 Å². The fourth-order valence-electron chi connectivity index (χ4n) is 1.74. The van der Waals surface area contributed by atoms with E-state index < -0.39 is 0 Å². The van der Waals surface area contributed by atoms with Crippen molar-refractivity contribution in [1.29, 1.82) is 0 Å². The van der Waals surface area contributed by atoms with E-state index in [1.165, 1.54) is 18.4 Å². The van der Waals surface area contributed by atoms with Gasteiger partial charge in [0.25, 0.3) is 0 Å². The molecule has 0 saturated heterocycles. The van der Waals surface area contributed by atoms with Crippen LogP contribution in [0.2, 0.25) is 5.02 Å². The highest BCUT2D eigenvalue weighted by molar-refractivity contribution is 6.31. The summed E-state index contributed by atoms with van der Waals surface area (Å²) in [4.78, 5) is 0. The van der Waals surface area contributed by atoms with Crippen LogP contribution >= 0.6 is 11.6 Å². The Morgan fingerprint density at radius 2 is 2.27 bits per heavy atom. The first-order valence-electron chi connectivity index (χ1n) is 5.22. The van der Waals surface area contributed by atoms with Gasteiger partial charge < -0.3 is 9.73 Å². The minimum atomic E-state index is 0.721. The molecule has 0 atom stereocenters. The monoisotopic (exact) mass is 221 g/mol. The van der Waals surface area contributed by atoms with Crippen LogP contribution in [0.15, 0.2) is 28.9 Å². The first-order chi connectivity index (χ1) is 7.33. The molecule has 0 spiro atoms. The average molecular weight is 222 g/mol. The number of rotatable bonds is 3. The molecule has 1 saturated carbocycles. The van der Waals surface area contributed by atoms with Gasteiger partial charge in [0.05, 0.1) is 6.26 Å². The molecule has 1 aliphatic rings. The van der Waals surface area contributed by atoms with Crippen molar-refractivity contribution in [3.05, 3.63) is 35.0 Å². The summed E-state index contributed by atoms with van der Waals surface area (Å²) in [6, 6.07) is 6.50. The van der Waals surface area contributed by atoms with Gasteiger partial charge in [0, 0.05) is 28.6 Å². The topological polar surface area (TPSA) is 25.2 Å². The molecule has 0 amide bonds. The minimum Gasteiger partial charge on any atom is -0.464 e. The van der Waals surface area contributed by atoms with E-state index in [1.54, 1.807) is 0 Å². The quantitative estimate of drug-likeness (QED) is 0.860. The van der Waals surface area contributed by atoms with E-state index >= 15 is 0 Å². The number of halogens is 1. The standard InChI is InChI=1S/C12H12ClNO/c13-9-1-4-11-8(6-14-10-2-3-10)7-15-12(11)5-9/h1,4-5,7,10,14H,2-3,6H2.